The molecule has 0 saturated carbocycles. The third-order valence-electron chi connectivity index (χ3n) is 5.06. The fraction of sp³-hybridized carbons (Fsp3) is 0.172. The Hall–Kier alpha value is -4.24. The normalized spacial score (nSPS) is 11.8. The highest BCUT2D eigenvalue weighted by Gasteiger charge is 2.13. The quantitative estimate of drug-likeness (QED) is 0.167. The van der Waals surface area contributed by atoms with E-state index >= 15 is 0 Å². The summed E-state index contributed by atoms with van der Waals surface area (Å²) in [5, 5.41) is 11.9. The zero-order chi connectivity index (χ0) is 26.8. The molecule has 0 aliphatic heterocycles. The Kier molecular flexibility index (Phi) is 9.74. The van der Waals surface area contributed by atoms with Gasteiger partial charge < -0.3 is 28.8 Å². The number of methoxy groups -OCH3 is 2. The van der Waals surface area contributed by atoms with Crippen LogP contribution < -0.4 is 14.2 Å². The molecule has 0 heterocycles. The van der Waals surface area contributed by atoms with E-state index in [0.29, 0.717) is 17.2 Å². The van der Waals surface area contributed by atoms with Gasteiger partial charge in [-0.1, -0.05) is 49.6 Å². The number of aliphatic hydroxyl groups is 1. The van der Waals surface area contributed by atoms with E-state index in [4.69, 9.17) is 23.7 Å². The van der Waals surface area contributed by atoms with Crippen LogP contribution in [0.1, 0.15) is 5.56 Å². The third kappa shape index (κ3) is 7.62. The highest BCUT2D eigenvalue weighted by molar-refractivity contribution is 5.98. The van der Waals surface area contributed by atoms with Crippen LogP contribution in [0.4, 0.5) is 0 Å². The zero-order valence-electron chi connectivity index (χ0n) is 20.6. The standard InChI is InChI=1S/C29H28O8/c1-19(17-33-3)28(31)36-23-14-12-22(13-15-23)35-27(30)16-11-21-7-5-9-25-24(21)8-6-10-26(25)37-29(32)20(2)18-34-4/h5-16,27,30H,1-2,17-18H2,3-4H3/b16-11+. The van der Waals surface area contributed by atoms with E-state index in [1.807, 2.05) is 24.3 Å². The number of hydrogen-bond donors (Lipinski definition) is 1. The fourth-order valence-electron chi connectivity index (χ4n) is 3.31. The molecule has 1 atom stereocenters. The van der Waals surface area contributed by atoms with Crippen LogP contribution in [0, 0.1) is 0 Å². The van der Waals surface area contributed by atoms with Gasteiger partial charge >= 0.3 is 11.9 Å². The molecular formula is C29H28O8. The predicted octanol–water partition coefficient (Wildman–Crippen LogP) is 4.47. The highest BCUT2D eigenvalue weighted by Crippen LogP contribution is 2.29. The number of aliphatic hydroxyl groups excluding tert-OH is 1. The van der Waals surface area contributed by atoms with Gasteiger partial charge in [-0.05, 0) is 47.4 Å². The van der Waals surface area contributed by atoms with Crippen molar-refractivity contribution in [2.24, 2.45) is 0 Å². The molecule has 1 unspecified atom stereocenters. The number of carbonyl (C=O) groups is 2. The summed E-state index contributed by atoms with van der Waals surface area (Å²) in [6.07, 6.45) is 1.94. The lowest BCUT2D eigenvalue weighted by Gasteiger charge is -2.12. The van der Waals surface area contributed by atoms with Gasteiger partial charge in [-0.3, -0.25) is 0 Å². The lowest BCUT2D eigenvalue weighted by atomic mass is 10.0. The Balaban J connectivity index is 1.67. The number of benzene rings is 3. The second kappa shape index (κ2) is 13.2. The van der Waals surface area contributed by atoms with Gasteiger partial charge in [0.2, 0.25) is 6.29 Å². The van der Waals surface area contributed by atoms with Gasteiger partial charge in [0.15, 0.2) is 0 Å². The Morgan fingerprint density at radius 3 is 2.03 bits per heavy atom. The smallest absolute Gasteiger partial charge is 0.341 e. The first-order valence-electron chi connectivity index (χ1n) is 11.2. The molecule has 192 valence electrons. The molecule has 0 radical (unpaired) electrons. The second-order valence-corrected chi connectivity index (χ2v) is 7.89. The lowest BCUT2D eigenvalue weighted by Crippen LogP contribution is -2.14. The van der Waals surface area contributed by atoms with Crippen LogP contribution in [-0.4, -0.2) is 50.8 Å². The summed E-state index contributed by atoms with van der Waals surface area (Å²) in [6.45, 7) is 7.42. The average Bonchev–Trinajstić information content (AvgIpc) is 2.89. The minimum absolute atomic E-state index is 0.0753. The van der Waals surface area contributed by atoms with Gasteiger partial charge in [0.05, 0.1) is 24.4 Å². The van der Waals surface area contributed by atoms with Gasteiger partial charge in [-0.15, -0.1) is 0 Å². The number of carbonyl (C=O) groups excluding carboxylic acids is 2. The van der Waals surface area contributed by atoms with Gasteiger partial charge in [-0.25, -0.2) is 9.59 Å². The molecular weight excluding hydrogens is 476 g/mol. The van der Waals surface area contributed by atoms with Gasteiger partial charge in [-0.2, -0.15) is 0 Å². The van der Waals surface area contributed by atoms with Crippen LogP contribution in [0.3, 0.4) is 0 Å². The first-order chi connectivity index (χ1) is 17.8. The average molecular weight is 505 g/mol. The Morgan fingerprint density at radius 1 is 0.811 bits per heavy atom. The topological polar surface area (TPSA) is 101 Å². The van der Waals surface area contributed by atoms with Crippen molar-refractivity contribution in [2.75, 3.05) is 27.4 Å². The lowest BCUT2D eigenvalue weighted by molar-refractivity contribution is -0.131. The van der Waals surface area contributed by atoms with Crippen molar-refractivity contribution in [2.45, 2.75) is 6.29 Å². The molecule has 0 bridgehead atoms. The minimum atomic E-state index is -1.25. The fourth-order valence-corrected chi connectivity index (χ4v) is 3.31. The molecule has 3 rings (SSSR count). The molecule has 0 aliphatic rings. The van der Waals surface area contributed by atoms with Crippen LogP contribution in [0.5, 0.6) is 17.2 Å². The van der Waals surface area contributed by atoms with Crippen LogP contribution in [0.15, 0.2) is 91.0 Å². The predicted molar refractivity (Wildman–Crippen MR) is 139 cm³/mol. The van der Waals surface area contributed by atoms with Crippen molar-refractivity contribution in [1.29, 1.82) is 0 Å². The Labute approximate surface area is 215 Å². The van der Waals surface area contributed by atoms with E-state index in [9.17, 15) is 14.7 Å². The van der Waals surface area contributed by atoms with Crippen molar-refractivity contribution in [1.82, 2.24) is 0 Å². The monoisotopic (exact) mass is 504 g/mol. The van der Waals surface area contributed by atoms with Crippen molar-refractivity contribution >= 4 is 28.8 Å². The summed E-state index contributed by atoms with van der Waals surface area (Å²) in [5.41, 5.74) is 1.18. The number of ether oxygens (including phenoxy) is 5. The zero-order valence-corrected chi connectivity index (χ0v) is 20.6. The Bertz CT molecular complexity index is 1310. The Morgan fingerprint density at radius 2 is 1.38 bits per heavy atom. The van der Waals surface area contributed by atoms with Gasteiger partial charge in [0.25, 0.3) is 0 Å². The van der Waals surface area contributed by atoms with E-state index in [-0.39, 0.29) is 24.4 Å². The molecule has 3 aromatic carbocycles. The van der Waals surface area contributed by atoms with Crippen molar-refractivity contribution in [3.63, 3.8) is 0 Å². The molecule has 0 saturated heterocycles. The number of esters is 2. The summed E-state index contributed by atoms with van der Waals surface area (Å²) in [7, 11) is 2.93. The van der Waals surface area contributed by atoms with E-state index in [0.717, 1.165) is 16.3 Å². The number of rotatable bonds is 12. The van der Waals surface area contributed by atoms with Gasteiger partial charge in [0.1, 0.15) is 17.2 Å². The van der Waals surface area contributed by atoms with Gasteiger partial charge in [0, 0.05) is 19.6 Å². The second-order valence-electron chi connectivity index (χ2n) is 7.89. The van der Waals surface area contributed by atoms with E-state index < -0.39 is 18.2 Å². The minimum Gasteiger partial charge on any atom is -0.461 e. The van der Waals surface area contributed by atoms with Crippen molar-refractivity contribution in [3.8, 4) is 17.2 Å². The van der Waals surface area contributed by atoms with E-state index in [2.05, 4.69) is 13.2 Å². The van der Waals surface area contributed by atoms with E-state index in [1.165, 1.54) is 20.3 Å². The first-order valence-corrected chi connectivity index (χ1v) is 11.2. The molecule has 8 heteroatoms. The van der Waals surface area contributed by atoms with Crippen LogP contribution in [-0.2, 0) is 19.1 Å². The summed E-state index contributed by atoms with van der Waals surface area (Å²) in [4.78, 5) is 24.1. The molecule has 0 aromatic heterocycles. The maximum absolute atomic E-state index is 12.3. The SMILES string of the molecule is C=C(COC)C(=O)Oc1ccc(OC(O)/C=C/c2cccc3c(OC(=O)C(=C)COC)cccc23)cc1. The molecule has 0 fully saturated rings. The molecule has 0 spiro atoms. The number of fused-ring (bicyclic) bond motifs is 1. The van der Waals surface area contributed by atoms with Crippen LogP contribution in [0.25, 0.3) is 16.8 Å². The molecule has 0 amide bonds. The summed E-state index contributed by atoms with van der Waals surface area (Å²) in [6, 6.07) is 17.1. The molecule has 8 nitrogen and oxygen atoms in total. The summed E-state index contributed by atoms with van der Waals surface area (Å²) < 4.78 is 26.0. The molecule has 3 aromatic rings. The maximum atomic E-state index is 12.3. The number of hydrogen-bond acceptors (Lipinski definition) is 8. The maximum Gasteiger partial charge on any atom is 0.341 e. The van der Waals surface area contributed by atoms with Crippen LogP contribution in [0.2, 0.25) is 0 Å². The molecule has 1 N–H and O–H groups in total. The summed E-state index contributed by atoms with van der Waals surface area (Å²) >= 11 is 0. The van der Waals surface area contributed by atoms with Crippen LogP contribution >= 0.6 is 0 Å². The highest BCUT2D eigenvalue weighted by atomic mass is 16.6. The summed E-state index contributed by atoms with van der Waals surface area (Å²) in [5.74, 6) is -0.0987. The van der Waals surface area contributed by atoms with Crippen molar-refractivity contribution in [3.05, 3.63) is 96.6 Å². The first kappa shape index (κ1) is 27.3. The molecule has 37 heavy (non-hydrogen) atoms. The van der Waals surface area contributed by atoms with Crippen molar-refractivity contribution < 1.29 is 38.4 Å². The third-order valence-corrected chi connectivity index (χ3v) is 5.06. The largest absolute Gasteiger partial charge is 0.461 e. The van der Waals surface area contributed by atoms with E-state index in [1.54, 1.807) is 42.5 Å². The molecule has 0 aliphatic carbocycles.